The number of rotatable bonds is 4. The minimum Gasteiger partial charge on any atom is -0.375 e. The summed E-state index contributed by atoms with van der Waals surface area (Å²) >= 11 is 7.38. The predicted octanol–water partition coefficient (Wildman–Crippen LogP) is 3.26. The second kappa shape index (κ2) is 6.04. The molecule has 1 aromatic carbocycles. The molecule has 0 unspecified atom stereocenters. The third-order valence-electron chi connectivity index (χ3n) is 2.63. The number of benzene rings is 1. The van der Waals surface area contributed by atoms with Crippen molar-refractivity contribution in [2.24, 2.45) is 0 Å². The monoisotopic (exact) mass is 295 g/mol. The number of halogens is 1. The van der Waals surface area contributed by atoms with Crippen molar-refractivity contribution in [2.45, 2.75) is 19.8 Å². The van der Waals surface area contributed by atoms with Crippen LogP contribution in [0.25, 0.3) is 0 Å². The van der Waals surface area contributed by atoms with Crippen molar-refractivity contribution in [2.75, 3.05) is 11.1 Å². The molecule has 0 saturated heterocycles. The van der Waals surface area contributed by atoms with Gasteiger partial charge in [-0.1, -0.05) is 17.7 Å². The topological polar surface area (TPSA) is 68.0 Å². The van der Waals surface area contributed by atoms with Crippen LogP contribution in [-0.4, -0.2) is 10.9 Å². The number of nitrogens with two attached hydrogens (primary N) is 1. The van der Waals surface area contributed by atoms with Crippen molar-refractivity contribution in [3.05, 3.63) is 39.9 Å². The second-order valence-corrected chi connectivity index (χ2v) is 5.49. The molecule has 0 spiro atoms. The van der Waals surface area contributed by atoms with E-state index in [2.05, 4.69) is 10.3 Å². The van der Waals surface area contributed by atoms with E-state index in [1.165, 1.54) is 11.3 Å². The summed E-state index contributed by atoms with van der Waals surface area (Å²) in [5, 5.41) is 5.85. The van der Waals surface area contributed by atoms with Gasteiger partial charge < -0.3 is 11.1 Å². The minimum atomic E-state index is -0.0634. The molecule has 0 fully saturated rings. The summed E-state index contributed by atoms with van der Waals surface area (Å²) in [6.45, 7) is 1.92. The number of thiazole rings is 1. The first-order valence-electron chi connectivity index (χ1n) is 5.80. The smallest absolute Gasteiger partial charge is 0.224 e. The molecule has 0 aliphatic carbocycles. The number of aromatic nitrogens is 1. The highest BCUT2D eigenvalue weighted by Crippen LogP contribution is 2.20. The molecule has 100 valence electrons. The molecule has 0 bridgehead atoms. The van der Waals surface area contributed by atoms with Gasteiger partial charge >= 0.3 is 0 Å². The Balaban J connectivity index is 1.88. The zero-order valence-electron chi connectivity index (χ0n) is 10.4. The van der Waals surface area contributed by atoms with Gasteiger partial charge in [0.2, 0.25) is 5.91 Å². The Labute approximate surface area is 120 Å². The lowest BCUT2D eigenvalue weighted by Crippen LogP contribution is -2.12. The van der Waals surface area contributed by atoms with Gasteiger partial charge in [-0.2, -0.15) is 0 Å². The third-order valence-corrected chi connectivity index (χ3v) is 3.76. The van der Waals surface area contributed by atoms with Gasteiger partial charge in [0.05, 0.1) is 5.69 Å². The SMILES string of the molecule is Cc1ccc(NC(=O)CCc2csc(N)n2)cc1Cl. The summed E-state index contributed by atoms with van der Waals surface area (Å²) in [6, 6.07) is 5.45. The number of nitrogens with one attached hydrogen (secondary N) is 1. The molecule has 1 amide bonds. The lowest BCUT2D eigenvalue weighted by molar-refractivity contribution is -0.116. The number of carbonyl (C=O) groups excluding carboxylic acids is 1. The molecule has 1 heterocycles. The molecule has 0 saturated carbocycles. The number of aryl methyl sites for hydroxylation is 2. The average molecular weight is 296 g/mol. The summed E-state index contributed by atoms with van der Waals surface area (Å²) in [7, 11) is 0. The maximum absolute atomic E-state index is 11.8. The van der Waals surface area contributed by atoms with Crippen LogP contribution in [0.3, 0.4) is 0 Å². The van der Waals surface area contributed by atoms with Gasteiger partial charge in [-0.05, 0) is 31.0 Å². The standard InChI is InChI=1S/C13H14ClN3OS/c1-8-2-3-9(6-11(8)14)16-12(18)5-4-10-7-19-13(15)17-10/h2-3,6-7H,4-5H2,1H3,(H2,15,17)(H,16,18). The van der Waals surface area contributed by atoms with Crippen molar-refractivity contribution in [1.29, 1.82) is 0 Å². The van der Waals surface area contributed by atoms with Gasteiger partial charge in [0.1, 0.15) is 0 Å². The lowest BCUT2D eigenvalue weighted by atomic mass is 10.2. The predicted molar refractivity (Wildman–Crippen MR) is 79.7 cm³/mol. The fraction of sp³-hybridized carbons (Fsp3) is 0.231. The maximum atomic E-state index is 11.8. The average Bonchev–Trinajstić information content (AvgIpc) is 2.77. The molecular weight excluding hydrogens is 282 g/mol. The molecule has 6 heteroatoms. The van der Waals surface area contributed by atoms with Crippen LogP contribution >= 0.6 is 22.9 Å². The van der Waals surface area contributed by atoms with Gasteiger partial charge in [-0.15, -0.1) is 11.3 Å². The van der Waals surface area contributed by atoms with Crippen molar-refractivity contribution >= 4 is 39.7 Å². The first kappa shape index (κ1) is 13.8. The summed E-state index contributed by atoms with van der Waals surface area (Å²) < 4.78 is 0. The van der Waals surface area contributed by atoms with Crippen molar-refractivity contribution in [1.82, 2.24) is 4.98 Å². The van der Waals surface area contributed by atoms with E-state index >= 15 is 0 Å². The molecule has 0 aliphatic heterocycles. The number of anilines is 2. The quantitative estimate of drug-likeness (QED) is 0.909. The molecule has 0 atom stereocenters. The molecule has 4 nitrogen and oxygen atoms in total. The van der Waals surface area contributed by atoms with Gasteiger partial charge in [-0.3, -0.25) is 4.79 Å². The van der Waals surface area contributed by atoms with E-state index in [4.69, 9.17) is 17.3 Å². The highest BCUT2D eigenvalue weighted by atomic mass is 35.5. The van der Waals surface area contributed by atoms with Crippen LogP contribution in [0.1, 0.15) is 17.7 Å². The Kier molecular flexibility index (Phi) is 4.39. The summed E-state index contributed by atoms with van der Waals surface area (Å²) in [5.74, 6) is -0.0634. The molecule has 2 rings (SSSR count). The van der Waals surface area contributed by atoms with Gasteiger partial charge in [0, 0.05) is 22.5 Å². The Hall–Kier alpha value is -1.59. The Morgan fingerprint density at radius 1 is 1.53 bits per heavy atom. The van der Waals surface area contributed by atoms with Crippen LogP contribution in [0.4, 0.5) is 10.8 Å². The summed E-state index contributed by atoms with van der Waals surface area (Å²) in [6.07, 6.45) is 0.952. The van der Waals surface area contributed by atoms with Crippen LogP contribution in [0.5, 0.6) is 0 Å². The van der Waals surface area contributed by atoms with Crippen LogP contribution in [-0.2, 0) is 11.2 Å². The van der Waals surface area contributed by atoms with E-state index in [9.17, 15) is 4.79 Å². The van der Waals surface area contributed by atoms with E-state index in [0.29, 0.717) is 28.7 Å². The first-order valence-corrected chi connectivity index (χ1v) is 7.06. The third kappa shape index (κ3) is 3.94. The number of carbonyl (C=O) groups is 1. The number of hydrogen-bond donors (Lipinski definition) is 2. The van der Waals surface area contributed by atoms with Crippen molar-refractivity contribution in [3.8, 4) is 0 Å². The number of amides is 1. The van der Waals surface area contributed by atoms with Crippen molar-refractivity contribution < 1.29 is 4.79 Å². The van der Waals surface area contributed by atoms with Crippen LogP contribution in [0.2, 0.25) is 5.02 Å². The highest BCUT2D eigenvalue weighted by Gasteiger charge is 2.06. The number of nitrogens with zero attached hydrogens (tertiary/aromatic N) is 1. The second-order valence-electron chi connectivity index (χ2n) is 4.19. The minimum absolute atomic E-state index is 0.0634. The van der Waals surface area contributed by atoms with E-state index in [-0.39, 0.29) is 5.91 Å². The maximum Gasteiger partial charge on any atom is 0.224 e. The Morgan fingerprint density at radius 3 is 2.95 bits per heavy atom. The van der Waals surface area contributed by atoms with E-state index in [1.807, 2.05) is 24.4 Å². The Morgan fingerprint density at radius 2 is 2.32 bits per heavy atom. The largest absolute Gasteiger partial charge is 0.375 e. The van der Waals surface area contributed by atoms with Crippen molar-refractivity contribution in [3.63, 3.8) is 0 Å². The Bertz CT molecular complexity index is 597. The van der Waals surface area contributed by atoms with Gasteiger partial charge in [0.25, 0.3) is 0 Å². The zero-order valence-corrected chi connectivity index (χ0v) is 12.0. The molecule has 0 radical (unpaired) electrons. The van der Waals surface area contributed by atoms with Gasteiger partial charge in [0.15, 0.2) is 5.13 Å². The molecule has 1 aromatic heterocycles. The van der Waals surface area contributed by atoms with Gasteiger partial charge in [-0.25, -0.2) is 4.98 Å². The molecule has 0 aliphatic rings. The molecule has 2 aromatic rings. The van der Waals surface area contributed by atoms with Crippen LogP contribution in [0, 0.1) is 6.92 Å². The molecular formula is C13H14ClN3OS. The number of nitrogen functional groups attached to an aromatic ring is 1. The van der Waals surface area contributed by atoms with Crippen LogP contribution in [0.15, 0.2) is 23.6 Å². The molecule has 3 N–H and O–H groups in total. The van der Waals surface area contributed by atoms with Crippen LogP contribution < -0.4 is 11.1 Å². The molecule has 19 heavy (non-hydrogen) atoms. The fourth-order valence-electron chi connectivity index (χ4n) is 1.57. The lowest BCUT2D eigenvalue weighted by Gasteiger charge is -2.06. The summed E-state index contributed by atoms with van der Waals surface area (Å²) in [5.41, 5.74) is 8.07. The fourth-order valence-corrected chi connectivity index (χ4v) is 2.35. The highest BCUT2D eigenvalue weighted by molar-refractivity contribution is 7.13. The number of hydrogen-bond acceptors (Lipinski definition) is 4. The first-order chi connectivity index (χ1) is 9.04. The zero-order chi connectivity index (χ0) is 13.8. The van der Waals surface area contributed by atoms with E-state index in [1.54, 1.807) is 6.07 Å². The normalized spacial score (nSPS) is 10.4. The van der Waals surface area contributed by atoms with E-state index in [0.717, 1.165) is 11.3 Å². The van der Waals surface area contributed by atoms with E-state index < -0.39 is 0 Å². The summed E-state index contributed by atoms with van der Waals surface area (Å²) in [4.78, 5) is 15.9.